The van der Waals surface area contributed by atoms with Crippen molar-refractivity contribution in [3.63, 3.8) is 0 Å². The molecule has 2 atom stereocenters. The van der Waals surface area contributed by atoms with Gasteiger partial charge in [0, 0.05) is 12.6 Å². The zero-order chi connectivity index (χ0) is 30.9. The molecule has 0 unspecified atom stereocenters. The van der Waals surface area contributed by atoms with Crippen molar-refractivity contribution < 1.29 is 31.9 Å². The molecule has 226 valence electrons. The minimum atomic E-state index is -4.29. The van der Waals surface area contributed by atoms with Gasteiger partial charge in [0.1, 0.15) is 29.9 Å². The lowest BCUT2D eigenvalue weighted by atomic mass is 10.1. The molecule has 1 N–H and O–H groups in total. The second-order valence-electron chi connectivity index (χ2n) is 9.78. The van der Waals surface area contributed by atoms with Crippen molar-refractivity contribution in [2.45, 2.75) is 57.1 Å². The van der Waals surface area contributed by atoms with Gasteiger partial charge in [0.25, 0.3) is 10.0 Å². The maximum Gasteiger partial charge on any atom is 0.264 e. The molecular weight excluding hydrogens is 561 g/mol. The Morgan fingerprint density at radius 3 is 2.12 bits per heavy atom. The van der Waals surface area contributed by atoms with E-state index in [2.05, 4.69) is 5.32 Å². The molecule has 0 aromatic heterocycles. The largest absolute Gasteiger partial charge is 0.497 e. The molecule has 0 saturated heterocycles. The van der Waals surface area contributed by atoms with Crippen molar-refractivity contribution in [2.75, 3.05) is 25.1 Å². The van der Waals surface area contributed by atoms with Crippen LogP contribution in [0.25, 0.3) is 0 Å². The predicted octanol–water partition coefficient (Wildman–Crippen LogP) is 4.76. The first-order chi connectivity index (χ1) is 20.0. The highest BCUT2D eigenvalue weighted by molar-refractivity contribution is 7.92. The topological polar surface area (TPSA) is 105 Å². The summed E-state index contributed by atoms with van der Waals surface area (Å²) in [6.07, 6.45) is 0.990. The number of benzene rings is 3. The molecular formula is C31H38FN3O6S. The van der Waals surface area contributed by atoms with Gasteiger partial charge in [-0.05, 0) is 86.0 Å². The minimum Gasteiger partial charge on any atom is -0.497 e. The number of anilines is 1. The summed E-state index contributed by atoms with van der Waals surface area (Å²) in [5, 5.41) is 2.94. The molecule has 11 heteroatoms. The second-order valence-corrected chi connectivity index (χ2v) is 11.6. The second kappa shape index (κ2) is 14.7. The highest BCUT2D eigenvalue weighted by atomic mass is 32.2. The third-order valence-corrected chi connectivity index (χ3v) is 8.70. The summed E-state index contributed by atoms with van der Waals surface area (Å²) in [6.45, 7) is 5.00. The van der Waals surface area contributed by atoms with E-state index in [0.717, 1.165) is 16.4 Å². The standard InChI is InChI=1S/C31H38FN3O6S/c1-6-22(3)33-31(37)29(7-2)34(20-23-9-8-10-27(19-23)41-5)30(36)21-35(25-13-11-24(32)12-14-25)42(38,39)28-17-15-26(40-4)16-18-28/h8-19,22,29H,6-7,20-21H2,1-5H3,(H,33,37)/t22-,29+/m1/s1. The Labute approximate surface area is 247 Å². The van der Waals surface area contributed by atoms with Gasteiger partial charge < -0.3 is 19.7 Å². The molecule has 0 radical (unpaired) electrons. The van der Waals surface area contributed by atoms with Crippen LogP contribution in [0.5, 0.6) is 11.5 Å². The maximum atomic E-state index is 14.1. The van der Waals surface area contributed by atoms with Crippen LogP contribution in [0.2, 0.25) is 0 Å². The first-order valence-corrected chi connectivity index (χ1v) is 15.1. The molecule has 0 saturated carbocycles. The number of sulfonamides is 1. The molecule has 3 rings (SSSR count). The van der Waals surface area contributed by atoms with E-state index < -0.39 is 34.3 Å². The smallest absolute Gasteiger partial charge is 0.264 e. The Bertz CT molecular complexity index is 1450. The molecule has 9 nitrogen and oxygen atoms in total. The van der Waals surface area contributed by atoms with Crippen molar-refractivity contribution in [2.24, 2.45) is 0 Å². The highest BCUT2D eigenvalue weighted by Gasteiger charge is 2.34. The van der Waals surface area contributed by atoms with Crippen molar-refractivity contribution in [1.82, 2.24) is 10.2 Å². The number of halogens is 1. The Hall–Kier alpha value is -4.12. The zero-order valence-corrected chi connectivity index (χ0v) is 25.4. The van der Waals surface area contributed by atoms with Crippen LogP contribution in [0.4, 0.5) is 10.1 Å². The van der Waals surface area contributed by atoms with Gasteiger partial charge in [-0.15, -0.1) is 0 Å². The lowest BCUT2D eigenvalue weighted by Crippen LogP contribution is -2.53. The summed E-state index contributed by atoms with van der Waals surface area (Å²) >= 11 is 0. The Kier molecular flexibility index (Phi) is 11.3. The monoisotopic (exact) mass is 599 g/mol. The number of nitrogens with zero attached hydrogens (tertiary/aromatic N) is 2. The van der Waals surface area contributed by atoms with Gasteiger partial charge in [-0.25, -0.2) is 12.8 Å². The lowest BCUT2D eigenvalue weighted by molar-refractivity contribution is -0.140. The maximum absolute atomic E-state index is 14.1. The molecule has 0 bridgehead atoms. The number of carbonyl (C=O) groups is 2. The summed E-state index contributed by atoms with van der Waals surface area (Å²) < 4.78 is 53.0. The summed E-state index contributed by atoms with van der Waals surface area (Å²) in [4.78, 5) is 28.8. The number of ether oxygens (including phenoxy) is 2. The van der Waals surface area contributed by atoms with Crippen LogP contribution in [0.1, 0.15) is 39.2 Å². The SMILES string of the molecule is CC[C@@H](C)NC(=O)[C@H](CC)N(Cc1cccc(OC)c1)C(=O)CN(c1ccc(F)cc1)S(=O)(=O)c1ccc(OC)cc1. The first kappa shape index (κ1) is 32.4. The third-order valence-electron chi connectivity index (χ3n) is 6.91. The molecule has 0 aliphatic rings. The average molecular weight is 600 g/mol. The normalized spacial score (nSPS) is 12.6. The fourth-order valence-corrected chi connectivity index (χ4v) is 5.75. The fraction of sp³-hybridized carbons (Fsp3) is 0.355. The number of carbonyl (C=O) groups excluding carboxylic acids is 2. The minimum absolute atomic E-state index is 0.0301. The molecule has 3 aromatic carbocycles. The van der Waals surface area contributed by atoms with E-state index >= 15 is 0 Å². The van der Waals surface area contributed by atoms with Crippen LogP contribution < -0.4 is 19.1 Å². The Balaban J connectivity index is 2.06. The number of hydrogen-bond acceptors (Lipinski definition) is 6. The van der Waals surface area contributed by atoms with Crippen LogP contribution in [0.15, 0.2) is 77.7 Å². The van der Waals surface area contributed by atoms with Crippen LogP contribution in [-0.4, -0.2) is 58.0 Å². The van der Waals surface area contributed by atoms with Crippen molar-refractivity contribution in [1.29, 1.82) is 0 Å². The zero-order valence-electron chi connectivity index (χ0n) is 24.5. The van der Waals surface area contributed by atoms with Gasteiger partial charge in [-0.2, -0.15) is 0 Å². The molecule has 3 aromatic rings. The van der Waals surface area contributed by atoms with Gasteiger partial charge in [-0.3, -0.25) is 13.9 Å². The molecule has 0 fully saturated rings. The number of methoxy groups -OCH3 is 2. The van der Waals surface area contributed by atoms with Crippen LogP contribution >= 0.6 is 0 Å². The average Bonchev–Trinajstić information content (AvgIpc) is 3.00. The van der Waals surface area contributed by atoms with E-state index in [1.807, 2.05) is 13.8 Å². The molecule has 2 amide bonds. The highest BCUT2D eigenvalue weighted by Crippen LogP contribution is 2.27. The van der Waals surface area contributed by atoms with Gasteiger partial charge in [0.15, 0.2) is 0 Å². The van der Waals surface area contributed by atoms with Gasteiger partial charge in [0.05, 0.1) is 24.8 Å². The summed E-state index contributed by atoms with van der Waals surface area (Å²) in [5.41, 5.74) is 0.794. The van der Waals surface area contributed by atoms with Crippen molar-refractivity contribution in [3.05, 3.63) is 84.2 Å². The van der Waals surface area contributed by atoms with E-state index in [4.69, 9.17) is 9.47 Å². The number of hydrogen-bond donors (Lipinski definition) is 1. The van der Waals surface area contributed by atoms with E-state index in [1.165, 1.54) is 55.5 Å². The summed E-state index contributed by atoms with van der Waals surface area (Å²) in [5.74, 6) is -0.466. The fourth-order valence-electron chi connectivity index (χ4n) is 4.34. The Morgan fingerprint density at radius 1 is 0.905 bits per heavy atom. The number of rotatable bonds is 14. The molecule has 0 aliphatic carbocycles. The van der Waals surface area contributed by atoms with Crippen LogP contribution in [0.3, 0.4) is 0 Å². The van der Waals surface area contributed by atoms with Crippen LogP contribution in [-0.2, 0) is 26.2 Å². The van der Waals surface area contributed by atoms with Crippen LogP contribution in [0, 0.1) is 5.82 Å². The third kappa shape index (κ3) is 8.00. The lowest BCUT2D eigenvalue weighted by Gasteiger charge is -2.33. The number of amides is 2. The quantitative estimate of drug-likeness (QED) is 0.287. The van der Waals surface area contributed by atoms with E-state index in [1.54, 1.807) is 31.2 Å². The van der Waals surface area contributed by atoms with Crippen molar-refractivity contribution in [3.8, 4) is 11.5 Å². The summed E-state index contributed by atoms with van der Waals surface area (Å²) in [7, 11) is -1.30. The molecule has 42 heavy (non-hydrogen) atoms. The van der Waals surface area contributed by atoms with E-state index in [9.17, 15) is 22.4 Å². The molecule has 0 heterocycles. The van der Waals surface area contributed by atoms with E-state index in [0.29, 0.717) is 29.9 Å². The van der Waals surface area contributed by atoms with Gasteiger partial charge >= 0.3 is 0 Å². The van der Waals surface area contributed by atoms with E-state index in [-0.39, 0.29) is 29.1 Å². The molecule has 0 aliphatic heterocycles. The van der Waals surface area contributed by atoms with Gasteiger partial charge in [-0.1, -0.05) is 26.0 Å². The Morgan fingerprint density at radius 2 is 1.55 bits per heavy atom. The van der Waals surface area contributed by atoms with Crippen molar-refractivity contribution >= 4 is 27.5 Å². The summed E-state index contributed by atoms with van der Waals surface area (Å²) in [6, 6.07) is 16.7. The number of nitrogens with one attached hydrogen (secondary N) is 1. The predicted molar refractivity (Wildman–Crippen MR) is 159 cm³/mol. The molecule has 0 spiro atoms. The van der Waals surface area contributed by atoms with Gasteiger partial charge in [0.2, 0.25) is 11.8 Å². The first-order valence-electron chi connectivity index (χ1n) is 13.7.